The third-order valence-corrected chi connectivity index (χ3v) is 8.66. The molecule has 3 aliphatic rings. The number of phenolic OH excluding ortho intramolecular Hbond substituents is 1. The zero-order chi connectivity index (χ0) is 25.6. The molecule has 3 fully saturated rings. The molecule has 2 bridgehead atoms. The van der Waals surface area contributed by atoms with Crippen molar-refractivity contribution in [2.24, 2.45) is 0 Å². The zero-order valence-corrected chi connectivity index (χ0v) is 21.9. The van der Waals surface area contributed by atoms with Gasteiger partial charge in [-0.15, -0.1) is 0 Å². The van der Waals surface area contributed by atoms with Gasteiger partial charge in [-0.05, 0) is 85.4 Å². The van der Waals surface area contributed by atoms with Gasteiger partial charge in [0.15, 0.2) is 0 Å². The van der Waals surface area contributed by atoms with Gasteiger partial charge in [-0.3, -0.25) is 0 Å². The summed E-state index contributed by atoms with van der Waals surface area (Å²) >= 11 is 0. The van der Waals surface area contributed by atoms with Gasteiger partial charge in [0.25, 0.3) is 0 Å². The number of ether oxygens (including phenoxy) is 1. The molecule has 1 aromatic heterocycles. The summed E-state index contributed by atoms with van der Waals surface area (Å²) in [6.07, 6.45) is 6.08. The van der Waals surface area contributed by atoms with Crippen molar-refractivity contribution in [1.82, 2.24) is 20.2 Å². The maximum Gasteiger partial charge on any atom is 0.319 e. The molecule has 0 unspecified atom stereocenters. The highest BCUT2D eigenvalue weighted by atomic mass is 16.5. The van der Waals surface area contributed by atoms with E-state index in [9.17, 15) is 5.11 Å². The first-order valence-electron chi connectivity index (χ1n) is 14.0. The minimum atomic E-state index is 0.263. The fraction of sp³-hybridized carbons (Fsp3) is 0.419. The molecule has 4 heterocycles. The van der Waals surface area contributed by atoms with Crippen molar-refractivity contribution in [2.75, 3.05) is 38.2 Å². The van der Waals surface area contributed by atoms with Crippen LogP contribution in [0.25, 0.3) is 32.8 Å². The molecule has 3 aliphatic heterocycles. The lowest BCUT2D eigenvalue weighted by molar-refractivity contribution is 0.120. The van der Waals surface area contributed by atoms with Crippen molar-refractivity contribution in [1.29, 1.82) is 0 Å². The van der Waals surface area contributed by atoms with Gasteiger partial charge in [0, 0.05) is 36.6 Å². The average molecular weight is 510 g/mol. The molecule has 3 aromatic carbocycles. The summed E-state index contributed by atoms with van der Waals surface area (Å²) in [5.74, 6) is 1.23. The van der Waals surface area contributed by atoms with Crippen molar-refractivity contribution in [3.8, 4) is 22.9 Å². The maximum atomic E-state index is 10.5. The van der Waals surface area contributed by atoms with E-state index >= 15 is 0 Å². The van der Waals surface area contributed by atoms with Crippen LogP contribution >= 0.6 is 0 Å². The highest BCUT2D eigenvalue weighted by Crippen LogP contribution is 2.37. The minimum absolute atomic E-state index is 0.263. The topological polar surface area (TPSA) is 73.8 Å². The second kappa shape index (κ2) is 9.71. The lowest BCUT2D eigenvalue weighted by Crippen LogP contribution is -2.51. The van der Waals surface area contributed by atoms with Crippen molar-refractivity contribution in [2.45, 2.75) is 50.2 Å². The van der Waals surface area contributed by atoms with Crippen LogP contribution in [0, 0.1) is 0 Å². The minimum Gasteiger partial charge on any atom is -0.508 e. The molecule has 0 aliphatic carbocycles. The SMILES string of the molecule is CN1CCCC[C@H]1COc1nc(N2C[C@H]3CC[C@@H](C2)N3)c2ccc(-c3cc(O)cc4ccccc34)cc2n1. The Morgan fingerprint density at radius 2 is 1.79 bits per heavy atom. The fourth-order valence-corrected chi connectivity index (χ4v) is 6.59. The van der Waals surface area contributed by atoms with Crippen molar-refractivity contribution in [3.05, 3.63) is 54.6 Å². The zero-order valence-electron chi connectivity index (χ0n) is 21.9. The molecule has 0 amide bonds. The molecular weight excluding hydrogens is 474 g/mol. The third-order valence-electron chi connectivity index (χ3n) is 8.66. The van der Waals surface area contributed by atoms with E-state index in [1.807, 2.05) is 30.3 Å². The largest absolute Gasteiger partial charge is 0.508 e. The van der Waals surface area contributed by atoms with E-state index in [1.165, 1.54) is 25.7 Å². The van der Waals surface area contributed by atoms with Gasteiger partial charge in [0.2, 0.25) is 0 Å². The summed E-state index contributed by atoms with van der Waals surface area (Å²) in [5.41, 5.74) is 2.89. The fourth-order valence-electron chi connectivity index (χ4n) is 6.59. The Kier molecular flexibility index (Phi) is 6.05. The highest BCUT2D eigenvalue weighted by molar-refractivity contribution is 6.00. The Morgan fingerprint density at radius 1 is 0.947 bits per heavy atom. The van der Waals surface area contributed by atoms with Gasteiger partial charge >= 0.3 is 6.01 Å². The first kappa shape index (κ1) is 23.7. The molecule has 4 aromatic rings. The number of aromatic hydroxyl groups is 1. The Hall–Kier alpha value is -3.42. The van der Waals surface area contributed by atoms with Crippen LogP contribution in [0.4, 0.5) is 5.82 Å². The number of rotatable bonds is 5. The quantitative estimate of drug-likeness (QED) is 0.394. The van der Waals surface area contributed by atoms with Crippen molar-refractivity contribution < 1.29 is 9.84 Å². The Bertz CT molecular complexity index is 1480. The number of nitrogens with one attached hydrogen (secondary N) is 1. The second-order valence-corrected chi connectivity index (χ2v) is 11.3. The monoisotopic (exact) mass is 509 g/mol. The molecule has 0 saturated carbocycles. The number of likely N-dealkylation sites (N-methyl/N-ethyl adjacent to an activating group) is 1. The van der Waals surface area contributed by atoms with Crippen LogP contribution < -0.4 is 15.0 Å². The summed E-state index contributed by atoms with van der Waals surface area (Å²) in [6.45, 7) is 3.62. The number of fused-ring (bicyclic) bond motifs is 4. The van der Waals surface area contributed by atoms with Gasteiger partial charge in [0.1, 0.15) is 18.2 Å². The summed E-state index contributed by atoms with van der Waals surface area (Å²) in [7, 11) is 2.18. The van der Waals surface area contributed by atoms with Gasteiger partial charge in [0.05, 0.1) is 5.52 Å². The van der Waals surface area contributed by atoms with Crippen LogP contribution in [0.1, 0.15) is 32.1 Å². The molecular formula is C31H35N5O2. The predicted molar refractivity (Wildman–Crippen MR) is 152 cm³/mol. The Labute approximate surface area is 223 Å². The van der Waals surface area contributed by atoms with E-state index in [4.69, 9.17) is 14.7 Å². The molecule has 0 spiro atoms. The number of aromatic nitrogens is 2. The van der Waals surface area contributed by atoms with E-state index in [0.29, 0.717) is 30.7 Å². The predicted octanol–water partition coefficient (Wildman–Crippen LogP) is 4.96. The molecule has 3 atom stereocenters. The third kappa shape index (κ3) is 4.44. The number of hydrogen-bond donors (Lipinski definition) is 2. The average Bonchev–Trinajstić information content (AvgIpc) is 3.28. The smallest absolute Gasteiger partial charge is 0.319 e. The number of anilines is 1. The van der Waals surface area contributed by atoms with Crippen LogP contribution in [0.3, 0.4) is 0 Å². The summed E-state index contributed by atoms with van der Waals surface area (Å²) in [5, 5.41) is 17.4. The standard InChI is InChI=1S/C31H35N5O2/c1-35-13-5-4-7-24(35)19-38-31-33-29-15-21(28-16-25(37)14-20-6-2-3-8-26(20)28)9-12-27(29)30(34-31)36-17-22-10-11-23(18-36)32-22/h2-3,6,8-9,12,14-16,22-24,32,37H,4-5,7,10-11,13,17-19H2,1H3/t22-,23+,24-/m0/s1. The number of piperidine rings is 1. The molecule has 7 nitrogen and oxygen atoms in total. The Balaban J connectivity index is 1.30. The first-order chi connectivity index (χ1) is 18.6. The van der Waals surface area contributed by atoms with Crippen LogP contribution in [-0.4, -0.2) is 71.4 Å². The second-order valence-electron chi connectivity index (χ2n) is 11.3. The van der Waals surface area contributed by atoms with Crippen LogP contribution in [0.5, 0.6) is 11.8 Å². The van der Waals surface area contributed by atoms with E-state index in [2.05, 4.69) is 46.4 Å². The van der Waals surface area contributed by atoms with E-state index in [0.717, 1.165) is 64.7 Å². The number of hydrogen-bond acceptors (Lipinski definition) is 7. The lowest BCUT2D eigenvalue weighted by atomic mass is 9.97. The van der Waals surface area contributed by atoms with Gasteiger partial charge < -0.3 is 25.0 Å². The molecule has 7 heteroatoms. The van der Waals surface area contributed by atoms with Gasteiger partial charge in [-0.25, -0.2) is 0 Å². The molecule has 2 N–H and O–H groups in total. The molecule has 0 radical (unpaired) electrons. The number of likely N-dealkylation sites (tertiary alicyclic amines) is 1. The summed E-state index contributed by atoms with van der Waals surface area (Å²) < 4.78 is 6.31. The van der Waals surface area contributed by atoms with E-state index < -0.39 is 0 Å². The number of benzene rings is 3. The maximum absolute atomic E-state index is 10.5. The van der Waals surface area contributed by atoms with Crippen LogP contribution in [0.15, 0.2) is 54.6 Å². The Morgan fingerprint density at radius 3 is 2.63 bits per heavy atom. The molecule has 196 valence electrons. The first-order valence-corrected chi connectivity index (χ1v) is 14.0. The van der Waals surface area contributed by atoms with Crippen LogP contribution in [0.2, 0.25) is 0 Å². The summed E-state index contributed by atoms with van der Waals surface area (Å²) in [4.78, 5) is 14.7. The number of phenols is 1. The lowest BCUT2D eigenvalue weighted by Gasteiger charge is -2.34. The van der Waals surface area contributed by atoms with Gasteiger partial charge in [-0.1, -0.05) is 36.8 Å². The number of nitrogens with zero attached hydrogens (tertiary/aromatic N) is 4. The van der Waals surface area contributed by atoms with Crippen molar-refractivity contribution in [3.63, 3.8) is 0 Å². The van der Waals surface area contributed by atoms with Crippen LogP contribution in [-0.2, 0) is 0 Å². The number of piperazine rings is 1. The van der Waals surface area contributed by atoms with Crippen molar-refractivity contribution >= 4 is 27.5 Å². The molecule has 3 saturated heterocycles. The van der Waals surface area contributed by atoms with E-state index in [1.54, 1.807) is 0 Å². The molecule has 7 rings (SSSR count). The van der Waals surface area contributed by atoms with E-state index in [-0.39, 0.29) is 5.75 Å². The summed E-state index contributed by atoms with van der Waals surface area (Å²) in [6, 6.07) is 20.1. The highest BCUT2D eigenvalue weighted by Gasteiger charge is 2.33. The normalized spacial score (nSPS) is 23.8. The van der Waals surface area contributed by atoms with Gasteiger partial charge in [-0.2, -0.15) is 9.97 Å². The molecule has 38 heavy (non-hydrogen) atoms.